The quantitative estimate of drug-likeness (QED) is 0.524. The van der Waals surface area contributed by atoms with Gasteiger partial charge in [0.15, 0.2) is 4.96 Å². The van der Waals surface area contributed by atoms with Crippen LogP contribution in [0.1, 0.15) is 5.56 Å². The van der Waals surface area contributed by atoms with Crippen LogP contribution in [0.5, 0.6) is 0 Å². The first-order valence-electron chi connectivity index (χ1n) is 6.45. The molecule has 0 aliphatic carbocycles. The molecule has 0 fully saturated rings. The summed E-state index contributed by atoms with van der Waals surface area (Å²) in [7, 11) is 0. The number of anilines is 1. The fraction of sp³-hybridized carbons (Fsp3) is 0.0625. The first-order valence-corrected chi connectivity index (χ1v) is 7.26. The van der Waals surface area contributed by atoms with Crippen molar-refractivity contribution in [1.29, 1.82) is 0 Å². The smallest absolute Gasteiger partial charge is 0.195 e. The molecular formula is C16H14ClN3S. The van der Waals surface area contributed by atoms with Gasteiger partial charge in [-0.15, -0.1) is 12.4 Å². The zero-order chi connectivity index (χ0) is 13.7. The van der Waals surface area contributed by atoms with Crippen molar-refractivity contribution in [2.45, 2.75) is 6.92 Å². The van der Waals surface area contributed by atoms with Gasteiger partial charge in [-0.25, -0.2) is 4.98 Å². The number of benzene rings is 2. The van der Waals surface area contributed by atoms with E-state index in [1.807, 2.05) is 12.1 Å². The molecule has 0 saturated heterocycles. The topological polar surface area (TPSA) is 43.3 Å². The third-order valence-electron chi connectivity index (χ3n) is 3.43. The highest BCUT2D eigenvalue weighted by Gasteiger charge is 2.10. The Labute approximate surface area is 132 Å². The van der Waals surface area contributed by atoms with Crippen molar-refractivity contribution in [2.75, 3.05) is 5.73 Å². The van der Waals surface area contributed by atoms with Gasteiger partial charge in [-0.05, 0) is 31.2 Å². The van der Waals surface area contributed by atoms with Crippen molar-refractivity contribution >= 4 is 44.6 Å². The van der Waals surface area contributed by atoms with E-state index in [0.717, 1.165) is 27.4 Å². The van der Waals surface area contributed by atoms with Crippen LogP contribution in [0.2, 0.25) is 0 Å². The number of halogens is 1. The third kappa shape index (κ3) is 2.26. The number of hydrogen-bond donors (Lipinski definition) is 1. The van der Waals surface area contributed by atoms with Gasteiger partial charge in [0.25, 0.3) is 0 Å². The lowest BCUT2D eigenvalue weighted by molar-refractivity contribution is 1.30. The van der Waals surface area contributed by atoms with Crippen molar-refractivity contribution < 1.29 is 0 Å². The second kappa shape index (κ2) is 5.06. The van der Waals surface area contributed by atoms with Crippen LogP contribution in [-0.2, 0) is 0 Å². The Kier molecular flexibility index (Phi) is 3.35. The van der Waals surface area contributed by atoms with E-state index in [4.69, 9.17) is 10.7 Å². The zero-order valence-corrected chi connectivity index (χ0v) is 13.0. The van der Waals surface area contributed by atoms with E-state index in [1.165, 1.54) is 10.3 Å². The monoisotopic (exact) mass is 315 g/mol. The van der Waals surface area contributed by atoms with Gasteiger partial charge < -0.3 is 5.73 Å². The Hall–Kier alpha value is -2.04. The molecule has 0 saturated carbocycles. The lowest BCUT2D eigenvalue weighted by Gasteiger charge is -1.97. The minimum absolute atomic E-state index is 0. The first-order chi connectivity index (χ1) is 9.70. The van der Waals surface area contributed by atoms with Gasteiger partial charge >= 0.3 is 0 Å². The summed E-state index contributed by atoms with van der Waals surface area (Å²) < 4.78 is 3.31. The van der Waals surface area contributed by atoms with Crippen LogP contribution in [0.25, 0.3) is 26.4 Å². The van der Waals surface area contributed by atoms with Crippen molar-refractivity contribution in [3.63, 3.8) is 0 Å². The van der Waals surface area contributed by atoms with E-state index in [0.29, 0.717) is 0 Å². The molecule has 0 aliphatic rings. The molecule has 2 heterocycles. The number of thiazole rings is 1. The number of hydrogen-bond acceptors (Lipinski definition) is 3. The molecule has 21 heavy (non-hydrogen) atoms. The maximum absolute atomic E-state index is 5.83. The molecule has 0 bridgehead atoms. The summed E-state index contributed by atoms with van der Waals surface area (Å²) in [5, 5.41) is 0. The molecule has 0 unspecified atom stereocenters. The predicted octanol–water partition coefficient (Wildman–Crippen LogP) is 4.53. The molecule has 0 spiro atoms. The van der Waals surface area contributed by atoms with Gasteiger partial charge in [-0.2, -0.15) is 0 Å². The summed E-state index contributed by atoms with van der Waals surface area (Å²) in [6.45, 7) is 2.10. The Bertz CT molecular complexity index is 939. The molecule has 2 aromatic carbocycles. The second-order valence-corrected chi connectivity index (χ2v) is 5.99. The van der Waals surface area contributed by atoms with Crippen molar-refractivity contribution in [3.05, 3.63) is 54.2 Å². The summed E-state index contributed by atoms with van der Waals surface area (Å²) in [6, 6.07) is 14.4. The number of rotatable bonds is 1. The Morgan fingerprint density at radius 3 is 2.81 bits per heavy atom. The molecule has 2 N–H and O–H groups in total. The molecule has 5 heteroatoms. The number of nitrogens with two attached hydrogens (primary N) is 1. The number of nitrogens with zero attached hydrogens (tertiary/aromatic N) is 2. The highest BCUT2D eigenvalue weighted by Crippen LogP contribution is 2.30. The van der Waals surface area contributed by atoms with E-state index in [-0.39, 0.29) is 12.4 Å². The molecule has 4 rings (SSSR count). The highest BCUT2D eigenvalue weighted by molar-refractivity contribution is 7.23. The van der Waals surface area contributed by atoms with Gasteiger partial charge in [0.2, 0.25) is 0 Å². The SMILES string of the molecule is Cc1cccc(-c2cn3c(n2)sc2cc(N)ccc23)c1.Cl. The van der Waals surface area contributed by atoms with Crippen molar-refractivity contribution in [3.8, 4) is 11.3 Å². The Balaban J connectivity index is 0.00000132. The van der Waals surface area contributed by atoms with Crippen LogP contribution in [0.15, 0.2) is 48.7 Å². The fourth-order valence-corrected chi connectivity index (χ4v) is 3.52. The highest BCUT2D eigenvalue weighted by atomic mass is 35.5. The van der Waals surface area contributed by atoms with Crippen LogP contribution in [0.4, 0.5) is 5.69 Å². The minimum Gasteiger partial charge on any atom is -0.399 e. The number of aromatic nitrogens is 2. The fourth-order valence-electron chi connectivity index (χ4n) is 2.46. The van der Waals surface area contributed by atoms with Crippen LogP contribution in [0.3, 0.4) is 0 Å². The number of nitrogen functional groups attached to an aromatic ring is 1. The third-order valence-corrected chi connectivity index (χ3v) is 4.45. The van der Waals surface area contributed by atoms with Crippen LogP contribution in [0, 0.1) is 6.92 Å². The number of aryl methyl sites for hydroxylation is 1. The summed E-state index contributed by atoms with van der Waals surface area (Å²) in [6.07, 6.45) is 2.10. The largest absolute Gasteiger partial charge is 0.399 e. The van der Waals surface area contributed by atoms with Gasteiger partial charge in [-0.3, -0.25) is 4.40 Å². The molecule has 106 valence electrons. The van der Waals surface area contributed by atoms with Crippen LogP contribution in [-0.4, -0.2) is 9.38 Å². The van der Waals surface area contributed by atoms with E-state index < -0.39 is 0 Å². The van der Waals surface area contributed by atoms with Gasteiger partial charge in [-0.1, -0.05) is 35.1 Å². The average Bonchev–Trinajstić information content (AvgIpc) is 2.95. The standard InChI is InChI=1S/C16H13N3S.ClH/c1-10-3-2-4-11(7-10)13-9-19-14-6-5-12(17)8-15(14)20-16(19)18-13;/h2-9H,17H2,1H3;1H. The molecule has 3 nitrogen and oxygen atoms in total. The predicted molar refractivity (Wildman–Crippen MR) is 92.4 cm³/mol. The van der Waals surface area contributed by atoms with Crippen molar-refractivity contribution in [2.24, 2.45) is 0 Å². The van der Waals surface area contributed by atoms with E-state index >= 15 is 0 Å². The summed E-state index contributed by atoms with van der Waals surface area (Å²) in [4.78, 5) is 5.73. The number of imidazole rings is 1. The maximum atomic E-state index is 5.83. The molecule has 0 atom stereocenters. The lowest BCUT2D eigenvalue weighted by atomic mass is 10.1. The van der Waals surface area contributed by atoms with Gasteiger partial charge in [0.05, 0.1) is 15.9 Å². The molecule has 0 aliphatic heterocycles. The van der Waals surface area contributed by atoms with E-state index in [2.05, 4.69) is 47.9 Å². The van der Waals surface area contributed by atoms with Gasteiger partial charge in [0, 0.05) is 17.4 Å². The molecule has 2 aromatic heterocycles. The Morgan fingerprint density at radius 1 is 1.14 bits per heavy atom. The summed E-state index contributed by atoms with van der Waals surface area (Å²) in [5.41, 5.74) is 11.2. The number of fused-ring (bicyclic) bond motifs is 3. The molecular weight excluding hydrogens is 302 g/mol. The summed E-state index contributed by atoms with van der Waals surface area (Å²) in [5.74, 6) is 0. The summed E-state index contributed by atoms with van der Waals surface area (Å²) >= 11 is 1.67. The zero-order valence-electron chi connectivity index (χ0n) is 11.4. The normalized spacial score (nSPS) is 10.9. The van der Waals surface area contributed by atoms with E-state index in [9.17, 15) is 0 Å². The molecule has 4 aromatic rings. The minimum atomic E-state index is 0. The lowest BCUT2D eigenvalue weighted by Crippen LogP contribution is -1.83. The van der Waals surface area contributed by atoms with Gasteiger partial charge in [0.1, 0.15) is 0 Å². The Morgan fingerprint density at radius 2 is 2.00 bits per heavy atom. The molecule has 0 amide bonds. The van der Waals surface area contributed by atoms with Crippen molar-refractivity contribution in [1.82, 2.24) is 9.38 Å². The second-order valence-electron chi connectivity index (χ2n) is 4.98. The maximum Gasteiger partial charge on any atom is 0.195 e. The average molecular weight is 316 g/mol. The molecule has 0 radical (unpaired) electrons. The van der Waals surface area contributed by atoms with E-state index in [1.54, 1.807) is 11.3 Å². The van der Waals surface area contributed by atoms with Crippen LogP contribution < -0.4 is 5.73 Å². The van der Waals surface area contributed by atoms with Crippen LogP contribution >= 0.6 is 23.7 Å². The first kappa shape index (κ1) is 13.9.